The van der Waals surface area contributed by atoms with Crippen molar-refractivity contribution in [3.63, 3.8) is 0 Å². The predicted molar refractivity (Wildman–Crippen MR) is 91.0 cm³/mol. The lowest BCUT2D eigenvalue weighted by molar-refractivity contribution is 0.0206. The summed E-state index contributed by atoms with van der Waals surface area (Å²) in [5.74, 6) is -0.177. The molecule has 0 saturated carbocycles. The van der Waals surface area contributed by atoms with Crippen LogP contribution in [-0.4, -0.2) is 24.7 Å². The first kappa shape index (κ1) is 17.5. The Kier molecular flexibility index (Phi) is 6.37. The van der Waals surface area contributed by atoms with Gasteiger partial charge in [0.05, 0.1) is 12.2 Å². The molecule has 1 unspecified atom stereocenters. The Morgan fingerprint density at radius 2 is 1.71 bits per heavy atom. The smallest absolute Gasteiger partial charge is 0.340 e. The highest BCUT2D eigenvalue weighted by Gasteiger charge is 2.17. The summed E-state index contributed by atoms with van der Waals surface area (Å²) in [6.45, 7) is 4.22. The first-order valence-corrected chi connectivity index (χ1v) is 7.93. The molecule has 126 valence electrons. The van der Waals surface area contributed by atoms with E-state index >= 15 is 0 Å². The molecule has 2 aromatic carbocycles. The quantitative estimate of drug-likeness (QED) is 0.625. The Morgan fingerprint density at radius 3 is 2.38 bits per heavy atom. The number of amides is 1. The number of ether oxygens (including phenoxy) is 2. The largest absolute Gasteiger partial charge is 0.494 e. The molecule has 0 aromatic heterocycles. The summed E-state index contributed by atoms with van der Waals surface area (Å²) in [5, 5.41) is 2.71. The highest BCUT2D eigenvalue weighted by Crippen LogP contribution is 2.15. The van der Waals surface area contributed by atoms with E-state index in [-0.39, 0.29) is 5.91 Å². The predicted octanol–water partition coefficient (Wildman–Crippen LogP) is 3.41. The maximum atomic E-state index is 12.3. The normalized spacial score (nSPS) is 11.4. The van der Waals surface area contributed by atoms with Gasteiger partial charge in [0.15, 0.2) is 6.23 Å². The van der Waals surface area contributed by atoms with Gasteiger partial charge in [-0.1, -0.05) is 31.2 Å². The molecular formula is C19H21NO4. The molecule has 0 aliphatic rings. The first-order chi connectivity index (χ1) is 11.6. The van der Waals surface area contributed by atoms with Gasteiger partial charge in [0.2, 0.25) is 0 Å². The fourth-order valence-electron chi connectivity index (χ4n) is 2.11. The first-order valence-electron chi connectivity index (χ1n) is 7.93. The average molecular weight is 327 g/mol. The van der Waals surface area contributed by atoms with E-state index in [1.807, 2.05) is 19.9 Å². The Hall–Kier alpha value is -2.82. The van der Waals surface area contributed by atoms with E-state index < -0.39 is 12.2 Å². The monoisotopic (exact) mass is 327 g/mol. The topological polar surface area (TPSA) is 64.6 Å². The molecule has 1 amide bonds. The molecule has 0 aliphatic carbocycles. The van der Waals surface area contributed by atoms with Crippen LogP contribution in [0.15, 0.2) is 54.6 Å². The summed E-state index contributed by atoms with van der Waals surface area (Å²) >= 11 is 0. The van der Waals surface area contributed by atoms with Crippen molar-refractivity contribution in [2.45, 2.75) is 26.5 Å². The van der Waals surface area contributed by atoms with Gasteiger partial charge in [-0.25, -0.2) is 4.79 Å². The van der Waals surface area contributed by atoms with Gasteiger partial charge < -0.3 is 14.8 Å². The van der Waals surface area contributed by atoms with Crippen LogP contribution in [0.2, 0.25) is 0 Å². The number of esters is 1. The summed E-state index contributed by atoms with van der Waals surface area (Å²) in [7, 11) is 0. The molecule has 2 rings (SSSR count). The van der Waals surface area contributed by atoms with Crippen LogP contribution in [0.4, 0.5) is 0 Å². The summed E-state index contributed by atoms with van der Waals surface area (Å²) in [6.07, 6.45) is -0.226. The number of nitrogens with one attached hydrogen (secondary N) is 1. The summed E-state index contributed by atoms with van der Waals surface area (Å²) < 4.78 is 10.8. The number of carbonyl (C=O) groups excluding carboxylic acids is 2. The van der Waals surface area contributed by atoms with Crippen molar-refractivity contribution in [3.05, 3.63) is 65.7 Å². The number of hydrogen-bond acceptors (Lipinski definition) is 4. The minimum atomic E-state index is -0.694. The van der Waals surface area contributed by atoms with E-state index in [0.717, 1.165) is 0 Å². The van der Waals surface area contributed by atoms with Gasteiger partial charge >= 0.3 is 5.97 Å². The van der Waals surface area contributed by atoms with Crippen molar-refractivity contribution in [2.24, 2.45) is 0 Å². The van der Waals surface area contributed by atoms with Gasteiger partial charge in [-0.2, -0.15) is 0 Å². The standard InChI is InChI=1S/C19H21NO4/c1-3-17(20-18(21)14-9-6-5-7-10-14)24-19(22)15-11-8-12-16(13-15)23-4-2/h5-13,17H,3-4H2,1-2H3,(H,20,21). The van der Waals surface area contributed by atoms with Crippen LogP contribution >= 0.6 is 0 Å². The van der Waals surface area contributed by atoms with Crippen molar-refractivity contribution in [1.82, 2.24) is 5.32 Å². The summed E-state index contributed by atoms with van der Waals surface area (Å²) in [5.41, 5.74) is 0.902. The highest BCUT2D eigenvalue weighted by molar-refractivity contribution is 5.94. The van der Waals surface area contributed by atoms with Crippen LogP contribution in [0.25, 0.3) is 0 Å². The van der Waals surface area contributed by atoms with Crippen molar-refractivity contribution in [1.29, 1.82) is 0 Å². The number of carbonyl (C=O) groups is 2. The van der Waals surface area contributed by atoms with Gasteiger partial charge in [-0.15, -0.1) is 0 Å². The van der Waals surface area contributed by atoms with E-state index in [4.69, 9.17) is 9.47 Å². The molecule has 24 heavy (non-hydrogen) atoms. The Labute approximate surface area is 141 Å². The third kappa shape index (κ3) is 4.84. The van der Waals surface area contributed by atoms with Gasteiger partial charge in [0, 0.05) is 12.0 Å². The van der Waals surface area contributed by atoms with Gasteiger partial charge in [0.1, 0.15) is 5.75 Å². The van der Waals surface area contributed by atoms with E-state index in [9.17, 15) is 9.59 Å². The minimum Gasteiger partial charge on any atom is -0.494 e. The molecule has 0 spiro atoms. The molecule has 0 radical (unpaired) electrons. The van der Waals surface area contributed by atoms with Crippen LogP contribution < -0.4 is 10.1 Å². The van der Waals surface area contributed by atoms with Crippen LogP contribution in [0.5, 0.6) is 5.75 Å². The van der Waals surface area contributed by atoms with Gasteiger partial charge in [0.25, 0.3) is 5.91 Å². The fourth-order valence-corrected chi connectivity index (χ4v) is 2.11. The molecule has 0 bridgehead atoms. The van der Waals surface area contributed by atoms with E-state index in [1.165, 1.54) is 0 Å². The molecule has 5 heteroatoms. The lowest BCUT2D eigenvalue weighted by atomic mass is 10.2. The second kappa shape index (κ2) is 8.72. The van der Waals surface area contributed by atoms with E-state index in [0.29, 0.717) is 29.9 Å². The van der Waals surface area contributed by atoms with E-state index in [2.05, 4.69) is 5.32 Å². The van der Waals surface area contributed by atoms with Crippen molar-refractivity contribution in [2.75, 3.05) is 6.61 Å². The summed E-state index contributed by atoms with van der Waals surface area (Å²) in [6, 6.07) is 15.6. The molecule has 2 aromatic rings. The maximum absolute atomic E-state index is 12.3. The average Bonchev–Trinajstić information content (AvgIpc) is 2.62. The number of rotatable bonds is 7. The Morgan fingerprint density at radius 1 is 1.00 bits per heavy atom. The number of benzene rings is 2. The van der Waals surface area contributed by atoms with Crippen LogP contribution in [0.3, 0.4) is 0 Å². The van der Waals surface area contributed by atoms with Gasteiger partial charge in [-0.05, 0) is 37.3 Å². The molecule has 0 saturated heterocycles. The summed E-state index contributed by atoms with van der Waals surface area (Å²) in [4.78, 5) is 24.4. The molecule has 1 atom stereocenters. The lowest BCUT2D eigenvalue weighted by Crippen LogP contribution is -2.37. The lowest BCUT2D eigenvalue weighted by Gasteiger charge is -2.18. The zero-order chi connectivity index (χ0) is 17.4. The van der Waals surface area contributed by atoms with Crippen LogP contribution in [0.1, 0.15) is 41.0 Å². The SMILES string of the molecule is CCOc1cccc(C(=O)OC(CC)NC(=O)c2ccccc2)c1. The molecule has 0 heterocycles. The molecule has 0 fully saturated rings. The van der Waals surface area contributed by atoms with Crippen LogP contribution in [-0.2, 0) is 4.74 Å². The van der Waals surface area contributed by atoms with Gasteiger partial charge in [-0.3, -0.25) is 4.79 Å². The highest BCUT2D eigenvalue weighted by atomic mass is 16.6. The van der Waals surface area contributed by atoms with Crippen LogP contribution in [0, 0.1) is 0 Å². The zero-order valence-electron chi connectivity index (χ0n) is 13.8. The molecule has 1 N–H and O–H groups in total. The number of hydrogen-bond donors (Lipinski definition) is 1. The van der Waals surface area contributed by atoms with Crippen molar-refractivity contribution < 1.29 is 19.1 Å². The second-order valence-corrected chi connectivity index (χ2v) is 5.10. The maximum Gasteiger partial charge on any atom is 0.340 e. The Bertz CT molecular complexity index is 685. The van der Waals surface area contributed by atoms with Crippen molar-refractivity contribution in [3.8, 4) is 5.75 Å². The third-order valence-corrected chi connectivity index (χ3v) is 3.33. The van der Waals surface area contributed by atoms with E-state index in [1.54, 1.807) is 48.5 Å². The zero-order valence-corrected chi connectivity index (χ0v) is 13.8. The van der Waals surface area contributed by atoms with Crippen molar-refractivity contribution >= 4 is 11.9 Å². The molecular weight excluding hydrogens is 306 g/mol. The second-order valence-electron chi connectivity index (χ2n) is 5.10. The minimum absolute atomic E-state index is 0.279. The third-order valence-electron chi connectivity index (χ3n) is 3.33. The molecule has 0 aliphatic heterocycles. The Balaban J connectivity index is 2.00. The fraction of sp³-hybridized carbons (Fsp3) is 0.263. The molecule has 5 nitrogen and oxygen atoms in total.